The van der Waals surface area contributed by atoms with Gasteiger partial charge < -0.3 is 14.1 Å². The van der Waals surface area contributed by atoms with E-state index in [2.05, 4.69) is 4.98 Å². The Bertz CT molecular complexity index is 1010. The van der Waals surface area contributed by atoms with Gasteiger partial charge in [-0.05, 0) is 37.1 Å². The molecule has 1 aliphatic rings. The lowest BCUT2D eigenvalue weighted by Gasteiger charge is -2.15. The zero-order chi connectivity index (χ0) is 20.8. The van der Waals surface area contributed by atoms with Gasteiger partial charge in [0.15, 0.2) is 0 Å². The number of benzene rings is 2. The van der Waals surface area contributed by atoms with Crippen LogP contribution in [0.2, 0.25) is 0 Å². The topological polar surface area (TPSA) is 72.6 Å². The molecule has 7 heteroatoms. The Labute approximate surface area is 179 Å². The molecule has 1 fully saturated rings. The molecule has 6 nitrogen and oxygen atoms in total. The summed E-state index contributed by atoms with van der Waals surface area (Å²) in [7, 11) is 0. The van der Waals surface area contributed by atoms with Crippen molar-refractivity contribution in [1.29, 1.82) is 0 Å². The van der Waals surface area contributed by atoms with Gasteiger partial charge in [-0.1, -0.05) is 30.3 Å². The van der Waals surface area contributed by atoms with Gasteiger partial charge in [0.2, 0.25) is 11.8 Å². The zero-order valence-corrected chi connectivity index (χ0v) is 17.3. The summed E-state index contributed by atoms with van der Waals surface area (Å²) < 4.78 is 10.9. The fraction of sp³-hybridized carbons (Fsp3) is 0.261. The average Bonchev–Trinajstić information content (AvgIpc) is 3.49. The third kappa shape index (κ3) is 4.91. The first-order valence-corrected chi connectivity index (χ1v) is 10.9. The molecular formula is C23H22N2O4S. The quantitative estimate of drug-likeness (QED) is 0.415. The fourth-order valence-electron chi connectivity index (χ4n) is 3.26. The maximum absolute atomic E-state index is 12.6. The van der Waals surface area contributed by atoms with E-state index < -0.39 is 5.97 Å². The third-order valence-corrected chi connectivity index (χ3v) is 5.90. The van der Waals surface area contributed by atoms with Crippen molar-refractivity contribution in [3.05, 3.63) is 72.1 Å². The van der Waals surface area contributed by atoms with E-state index in [1.54, 1.807) is 12.1 Å². The predicted octanol–water partition coefficient (Wildman–Crippen LogP) is 4.41. The highest BCUT2D eigenvalue weighted by molar-refractivity contribution is 8.00. The largest absolute Gasteiger partial charge is 0.455 e. The van der Waals surface area contributed by atoms with E-state index in [0.29, 0.717) is 22.9 Å². The Balaban J connectivity index is 1.36. The second-order valence-corrected chi connectivity index (χ2v) is 7.98. The molecule has 2 aromatic carbocycles. The molecule has 3 aromatic rings. The van der Waals surface area contributed by atoms with E-state index in [0.717, 1.165) is 36.4 Å². The van der Waals surface area contributed by atoms with Crippen molar-refractivity contribution in [2.45, 2.75) is 24.3 Å². The number of oxazole rings is 1. The number of aromatic nitrogens is 1. The van der Waals surface area contributed by atoms with Gasteiger partial charge >= 0.3 is 5.97 Å². The standard InChI is InChI=1S/C23H22N2O4S/c26-21(25-12-6-7-13-25)16-30-20-11-5-4-10-19(20)23(27)29-15-18-14-28-22(24-18)17-8-2-1-3-9-17/h1-5,8-11,14H,6-7,12-13,15-16H2. The zero-order valence-electron chi connectivity index (χ0n) is 16.5. The number of nitrogens with zero attached hydrogens (tertiary/aromatic N) is 2. The molecule has 0 atom stereocenters. The summed E-state index contributed by atoms with van der Waals surface area (Å²) >= 11 is 1.37. The maximum Gasteiger partial charge on any atom is 0.339 e. The molecule has 154 valence electrons. The van der Waals surface area contributed by atoms with Crippen molar-refractivity contribution >= 4 is 23.6 Å². The fourth-order valence-corrected chi connectivity index (χ4v) is 4.21. The summed E-state index contributed by atoms with van der Waals surface area (Å²) in [6.45, 7) is 1.67. The van der Waals surface area contributed by atoms with Gasteiger partial charge in [0.25, 0.3) is 0 Å². The third-order valence-electron chi connectivity index (χ3n) is 4.84. The molecule has 0 radical (unpaired) electrons. The predicted molar refractivity (Wildman–Crippen MR) is 114 cm³/mol. The van der Waals surface area contributed by atoms with Crippen LogP contribution >= 0.6 is 11.8 Å². The number of esters is 1. The first-order chi connectivity index (χ1) is 14.7. The minimum Gasteiger partial charge on any atom is -0.455 e. The van der Waals surface area contributed by atoms with Gasteiger partial charge in [0.1, 0.15) is 18.6 Å². The van der Waals surface area contributed by atoms with Crippen LogP contribution in [0.3, 0.4) is 0 Å². The number of carbonyl (C=O) groups excluding carboxylic acids is 2. The molecule has 30 heavy (non-hydrogen) atoms. The lowest BCUT2D eigenvalue weighted by atomic mass is 10.2. The van der Waals surface area contributed by atoms with Crippen LogP contribution in [0.15, 0.2) is 70.2 Å². The molecular weight excluding hydrogens is 400 g/mol. The Morgan fingerprint density at radius 2 is 1.77 bits per heavy atom. The molecule has 1 aromatic heterocycles. The van der Waals surface area contributed by atoms with E-state index in [-0.39, 0.29) is 12.5 Å². The number of rotatable bonds is 7. The van der Waals surface area contributed by atoms with E-state index in [1.807, 2.05) is 47.4 Å². The minimum absolute atomic E-state index is 0.0148. The number of ether oxygens (including phenoxy) is 1. The van der Waals surface area contributed by atoms with Gasteiger partial charge in [-0.15, -0.1) is 11.8 Å². The number of thioether (sulfide) groups is 1. The highest BCUT2D eigenvalue weighted by Crippen LogP contribution is 2.25. The molecule has 2 heterocycles. The Morgan fingerprint density at radius 1 is 1.03 bits per heavy atom. The lowest BCUT2D eigenvalue weighted by Crippen LogP contribution is -2.29. The van der Waals surface area contributed by atoms with Crippen molar-refractivity contribution in [1.82, 2.24) is 9.88 Å². The maximum atomic E-state index is 12.6. The normalized spacial score (nSPS) is 13.4. The van der Waals surface area contributed by atoms with Crippen molar-refractivity contribution in [2.24, 2.45) is 0 Å². The second-order valence-electron chi connectivity index (χ2n) is 6.96. The van der Waals surface area contributed by atoms with E-state index >= 15 is 0 Å². The van der Waals surface area contributed by atoms with Crippen LogP contribution in [0, 0.1) is 0 Å². The second kappa shape index (κ2) is 9.63. The summed E-state index contributed by atoms with van der Waals surface area (Å²) in [5.41, 5.74) is 1.85. The lowest BCUT2D eigenvalue weighted by molar-refractivity contribution is -0.127. The van der Waals surface area contributed by atoms with Crippen LogP contribution in [-0.2, 0) is 16.1 Å². The molecule has 1 amide bonds. The van der Waals surface area contributed by atoms with Crippen molar-refractivity contribution < 1.29 is 18.7 Å². The highest BCUT2D eigenvalue weighted by Gasteiger charge is 2.20. The summed E-state index contributed by atoms with van der Waals surface area (Å²) in [5.74, 6) is 0.458. The van der Waals surface area contributed by atoms with Crippen molar-refractivity contribution in [2.75, 3.05) is 18.8 Å². The first-order valence-electron chi connectivity index (χ1n) is 9.87. The Kier molecular flexibility index (Phi) is 6.49. The van der Waals surface area contributed by atoms with Gasteiger partial charge in [0, 0.05) is 23.5 Å². The Morgan fingerprint density at radius 3 is 2.57 bits per heavy atom. The Hall–Kier alpha value is -3.06. The molecule has 0 unspecified atom stereocenters. The van der Waals surface area contributed by atoms with Gasteiger partial charge in [-0.3, -0.25) is 4.79 Å². The highest BCUT2D eigenvalue weighted by atomic mass is 32.2. The monoisotopic (exact) mass is 422 g/mol. The summed E-state index contributed by atoms with van der Waals surface area (Å²) in [5, 5.41) is 0. The summed E-state index contributed by atoms with van der Waals surface area (Å²) in [6, 6.07) is 16.7. The van der Waals surface area contributed by atoms with E-state index in [1.165, 1.54) is 18.0 Å². The van der Waals surface area contributed by atoms with Crippen LogP contribution in [0.5, 0.6) is 0 Å². The van der Waals surface area contributed by atoms with Crippen LogP contribution in [0.1, 0.15) is 28.9 Å². The number of hydrogen-bond donors (Lipinski definition) is 0. The molecule has 0 bridgehead atoms. The molecule has 1 saturated heterocycles. The van der Waals surface area contributed by atoms with Gasteiger partial charge in [0.05, 0.1) is 11.3 Å². The van der Waals surface area contributed by atoms with E-state index in [4.69, 9.17) is 9.15 Å². The summed E-state index contributed by atoms with van der Waals surface area (Å²) in [6.07, 6.45) is 3.62. The van der Waals surface area contributed by atoms with Crippen molar-refractivity contribution in [3.63, 3.8) is 0 Å². The van der Waals surface area contributed by atoms with Crippen LogP contribution in [-0.4, -0.2) is 40.6 Å². The molecule has 0 saturated carbocycles. The van der Waals surface area contributed by atoms with Crippen molar-refractivity contribution in [3.8, 4) is 11.5 Å². The average molecular weight is 423 g/mol. The number of likely N-dealkylation sites (tertiary alicyclic amines) is 1. The number of carbonyl (C=O) groups is 2. The van der Waals surface area contributed by atoms with Crippen LogP contribution in [0.25, 0.3) is 11.5 Å². The number of hydrogen-bond acceptors (Lipinski definition) is 6. The molecule has 0 spiro atoms. The molecule has 0 aliphatic carbocycles. The van der Waals surface area contributed by atoms with Gasteiger partial charge in [-0.25, -0.2) is 9.78 Å². The molecule has 1 aliphatic heterocycles. The van der Waals surface area contributed by atoms with E-state index in [9.17, 15) is 9.59 Å². The SMILES string of the molecule is O=C(OCc1coc(-c2ccccc2)n1)c1ccccc1SCC(=O)N1CCCC1. The smallest absolute Gasteiger partial charge is 0.339 e. The minimum atomic E-state index is -0.448. The molecule has 4 rings (SSSR count). The van der Waals surface area contributed by atoms with Gasteiger partial charge in [-0.2, -0.15) is 0 Å². The molecule has 0 N–H and O–H groups in total. The summed E-state index contributed by atoms with van der Waals surface area (Å²) in [4.78, 5) is 31.9. The van der Waals surface area contributed by atoms with Crippen LogP contribution < -0.4 is 0 Å². The first kappa shape index (κ1) is 20.2. The number of amides is 1. The van der Waals surface area contributed by atoms with Crippen LogP contribution in [0.4, 0.5) is 0 Å².